The summed E-state index contributed by atoms with van der Waals surface area (Å²) in [5, 5.41) is 7.96. The lowest BCUT2D eigenvalue weighted by Crippen LogP contribution is -2.51. The van der Waals surface area contributed by atoms with Gasteiger partial charge in [0.2, 0.25) is 11.8 Å². The summed E-state index contributed by atoms with van der Waals surface area (Å²) in [4.78, 5) is 36.9. The minimum atomic E-state index is -0.877. The molecule has 160 valence electrons. The van der Waals surface area contributed by atoms with Crippen molar-refractivity contribution in [1.29, 1.82) is 0 Å². The van der Waals surface area contributed by atoms with Crippen LogP contribution in [-0.4, -0.2) is 36.0 Å². The number of benzene rings is 2. The fourth-order valence-electron chi connectivity index (χ4n) is 2.72. The number of carbonyl (C=O) groups excluding carboxylic acids is 3. The van der Waals surface area contributed by atoms with Gasteiger partial charge in [0, 0.05) is 12.0 Å². The van der Waals surface area contributed by atoms with E-state index in [9.17, 15) is 14.4 Å². The monoisotopic (exact) mass is 411 g/mol. The second-order valence-electron chi connectivity index (χ2n) is 7.96. The van der Waals surface area contributed by atoms with Gasteiger partial charge in [0.15, 0.2) is 0 Å². The van der Waals surface area contributed by atoms with Crippen LogP contribution in [0.3, 0.4) is 0 Å². The molecule has 0 aliphatic rings. The zero-order valence-corrected chi connectivity index (χ0v) is 17.6. The smallest absolute Gasteiger partial charge is 0.408 e. The summed E-state index contributed by atoms with van der Waals surface area (Å²) in [5.74, 6) is -0.763. The molecule has 0 heterocycles. The SMILES string of the molecule is CC(C)(C)NC(=O)CNC(=O)[C@H](Cc1ccccc1)NC(=O)OCc1ccccc1. The molecule has 2 aromatic rings. The van der Waals surface area contributed by atoms with Crippen molar-refractivity contribution in [2.24, 2.45) is 0 Å². The van der Waals surface area contributed by atoms with Crippen molar-refractivity contribution < 1.29 is 19.1 Å². The molecule has 0 aliphatic heterocycles. The molecule has 0 spiro atoms. The quantitative estimate of drug-likeness (QED) is 0.622. The van der Waals surface area contributed by atoms with Crippen molar-refractivity contribution in [3.8, 4) is 0 Å². The molecule has 30 heavy (non-hydrogen) atoms. The van der Waals surface area contributed by atoms with E-state index in [1.54, 1.807) is 0 Å². The number of nitrogens with one attached hydrogen (secondary N) is 3. The molecule has 2 rings (SSSR count). The molecule has 7 nitrogen and oxygen atoms in total. The van der Waals surface area contributed by atoms with E-state index < -0.39 is 23.6 Å². The van der Waals surface area contributed by atoms with Gasteiger partial charge in [0.05, 0.1) is 6.54 Å². The Bertz CT molecular complexity index is 833. The van der Waals surface area contributed by atoms with Gasteiger partial charge in [0.25, 0.3) is 0 Å². The van der Waals surface area contributed by atoms with Gasteiger partial charge in [-0.25, -0.2) is 4.79 Å². The van der Waals surface area contributed by atoms with Crippen LogP contribution >= 0.6 is 0 Å². The Labute approximate surface area is 177 Å². The number of rotatable bonds is 8. The maximum absolute atomic E-state index is 12.7. The van der Waals surface area contributed by atoms with Gasteiger partial charge in [0.1, 0.15) is 12.6 Å². The van der Waals surface area contributed by atoms with E-state index in [1.807, 2.05) is 81.4 Å². The van der Waals surface area contributed by atoms with E-state index in [0.29, 0.717) is 0 Å². The zero-order valence-electron chi connectivity index (χ0n) is 17.6. The highest BCUT2D eigenvalue weighted by molar-refractivity contribution is 5.89. The predicted octanol–water partition coefficient (Wildman–Crippen LogP) is 2.55. The second-order valence-corrected chi connectivity index (χ2v) is 7.96. The Kier molecular flexibility index (Phi) is 8.41. The van der Waals surface area contributed by atoms with Crippen molar-refractivity contribution in [2.45, 2.75) is 45.4 Å². The van der Waals surface area contributed by atoms with Crippen LogP contribution in [0.4, 0.5) is 4.79 Å². The van der Waals surface area contributed by atoms with Gasteiger partial charge in [-0.05, 0) is 31.9 Å². The minimum absolute atomic E-state index is 0.0976. The van der Waals surface area contributed by atoms with Crippen LogP contribution in [0, 0.1) is 0 Å². The highest BCUT2D eigenvalue weighted by Gasteiger charge is 2.23. The Balaban J connectivity index is 1.96. The molecule has 0 aromatic heterocycles. The molecule has 2 aromatic carbocycles. The van der Waals surface area contributed by atoms with Crippen molar-refractivity contribution >= 4 is 17.9 Å². The van der Waals surface area contributed by atoms with E-state index in [4.69, 9.17) is 4.74 Å². The molecule has 0 radical (unpaired) electrons. The molecule has 0 aliphatic carbocycles. The standard InChI is InChI=1S/C23H29N3O4/c1-23(2,3)26-20(27)15-24-21(28)19(14-17-10-6-4-7-11-17)25-22(29)30-16-18-12-8-5-9-13-18/h4-13,19H,14-16H2,1-3H3,(H,24,28)(H,25,29)(H,26,27)/t19-/m0/s1. The third-order valence-corrected chi connectivity index (χ3v) is 4.04. The van der Waals surface area contributed by atoms with Crippen molar-refractivity contribution in [3.05, 3.63) is 71.8 Å². The van der Waals surface area contributed by atoms with Crippen LogP contribution < -0.4 is 16.0 Å². The first-order valence-corrected chi connectivity index (χ1v) is 9.83. The third-order valence-electron chi connectivity index (χ3n) is 4.04. The summed E-state index contributed by atoms with van der Waals surface area (Å²) in [7, 11) is 0. The molecular formula is C23H29N3O4. The van der Waals surface area contributed by atoms with Gasteiger partial charge in [-0.1, -0.05) is 60.7 Å². The van der Waals surface area contributed by atoms with E-state index >= 15 is 0 Å². The summed E-state index contributed by atoms with van der Waals surface area (Å²) in [6.07, 6.45) is -0.428. The van der Waals surface area contributed by atoms with E-state index in [2.05, 4.69) is 16.0 Å². The number of ether oxygens (including phenoxy) is 1. The minimum Gasteiger partial charge on any atom is -0.445 e. The summed E-state index contributed by atoms with van der Waals surface area (Å²) in [5.41, 5.74) is 1.32. The van der Waals surface area contributed by atoms with Crippen LogP contribution in [0.15, 0.2) is 60.7 Å². The van der Waals surface area contributed by atoms with Crippen molar-refractivity contribution in [2.75, 3.05) is 6.54 Å². The largest absolute Gasteiger partial charge is 0.445 e. The summed E-state index contributed by atoms with van der Waals surface area (Å²) in [6.45, 7) is 5.49. The lowest BCUT2D eigenvalue weighted by Gasteiger charge is -2.22. The molecule has 0 unspecified atom stereocenters. The molecule has 0 saturated carbocycles. The Morgan fingerprint density at radius 3 is 2.03 bits per heavy atom. The normalized spacial score (nSPS) is 11.8. The topological polar surface area (TPSA) is 96.5 Å². The van der Waals surface area contributed by atoms with E-state index in [0.717, 1.165) is 11.1 Å². The predicted molar refractivity (Wildman–Crippen MR) is 115 cm³/mol. The molecule has 3 amide bonds. The van der Waals surface area contributed by atoms with Crippen LogP contribution in [0.1, 0.15) is 31.9 Å². The van der Waals surface area contributed by atoms with Crippen molar-refractivity contribution in [3.63, 3.8) is 0 Å². The number of hydrogen-bond donors (Lipinski definition) is 3. The van der Waals surface area contributed by atoms with E-state index in [-0.39, 0.29) is 25.5 Å². The fraction of sp³-hybridized carbons (Fsp3) is 0.348. The average molecular weight is 412 g/mol. The van der Waals surface area contributed by atoms with Gasteiger partial charge in [-0.2, -0.15) is 0 Å². The van der Waals surface area contributed by atoms with Crippen LogP contribution in [0.5, 0.6) is 0 Å². The lowest BCUT2D eigenvalue weighted by atomic mass is 10.1. The molecule has 7 heteroatoms. The van der Waals surface area contributed by atoms with Crippen LogP contribution in [0.25, 0.3) is 0 Å². The second kappa shape index (κ2) is 11.0. The third kappa shape index (κ3) is 8.77. The number of hydrogen-bond acceptors (Lipinski definition) is 4. The zero-order chi connectivity index (χ0) is 22.0. The highest BCUT2D eigenvalue weighted by Crippen LogP contribution is 2.05. The maximum atomic E-state index is 12.7. The van der Waals surface area contributed by atoms with Gasteiger partial charge in [-0.15, -0.1) is 0 Å². The molecular weight excluding hydrogens is 382 g/mol. The Hall–Kier alpha value is -3.35. The number of amides is 3. The van der Waals surface area contributed by atoms with Gasteiger partial charge in [-0.3, -0.25) is 9.59 Å². The first-order chi connectivity index (χ1) is 14.2. The van der Waals surface area contributed by atoms with Crippen LogP contribution in [0.2, 0.25) is 0 Å². The molecule has 1 atom stereocenters. The molecule has 0 saturated heterocycles. The first kappa shape index (κ1) is 22.9. The van der Waals surface area contributed by atoms with Gasteiger partial charge >= 0.3 is 6.09 Å². The fourth-order valence-corrected chi connectivity index (χ4v) is 2.72. The van der Waals surface area contributed by atoms with Crippen molar-refractivity contribution in [1.82, 2.24) is 16.0 Å². The molecule has 0 bridgehead atoms. The first-order valence-electron chi connectivity index (χ1n) is 9.83. The molecule has 3 N–H and O–H groups in total. The number of carbonyl (C=O) groups is 3. The Morgan fingerprint density at radius 2 is 1.47 bits per heavy atom. The van der Waals surface area contributed by atoms with Gasteiger partial charge < -0.3 is 20.7 Å². The summed E-state index contributed by atoms with van der Waals surface area (Å²) in [6, 6.07) is 17.7. The summed E-state index contributed by atoms with van der Waals surface area (Å²) >= 11 is 0. The van der Waals surface area contributed by atoms with E-state index in [1.165, 1.54) is 0 Å². The Morgan fingerprint density at radius 1 is 0.900 bits per heavy atom. The lowest BCUT2D eigenvalue weighted by molar-refractivity contribution is -0.127. The maximum Gasteiger partial charge on any atom is 0.408 e. The molecule has 0 fully saturated rings. The highest BCUT2D eigenvalue weighted by atomic mass is 16.5. The van der Waals surface area contributed by atoms with Crippen LogP contribution in [-0.2, 0) is 27.4 Å². The number of alkyl carbamates (subject to hydrolysis) is 1. The average Bonchev–Trinajstić information content (AvgIpc) is 2.70. The summed E-state index contributed by atoms with van der Waals surface area (Å²) < 4.78 is 5.23.